The first-order valence-corrected chi connectivity index (χ1v) is 8.43. The van der Waals surface area contributed by atoms with Gasteiger partial charge < -0.3 is 9.64 Å². The van der Waals surface area contributed by atoms with Gasteiger partial charge in [0.15, 0.2) is 0 Å². The summed E-state index contributed by atoms with van der Waals surface area (Å²) < 4.78 is 31.5. The number of amides is 1. The van der Waals surface area contributed by atoms with E-state index in [0.717, 1.165) is 19.3 Å². The number of rotatable bonds is 5. The average Bonchev–Trinajstić information content (AvgIpc) is 2.53. The summed E-state index contributed by atoms with van der Waals surface area (Å²) in [7, 11) is -2.16. The predicted molar refractivity (Wildman–Crippen MR) is 78.6 cm³/mol. The molecule has 1 aliphatic rings. The highest BCUT2D eigenvalue weighted by atomic mass is 32.2. The van der Waals surface area contributed by atoms with Gasteiger partial charge in [-0.15, -0.1) is 0 Å². The van der Waals surface area contributed by atoms with Gasteiger partial charge in [-0.3, -0.25) is 4.79 Å². The van der Waals surface area contributed by atoms with Crippen LogP contribution in [0.1, 0.15) is 19.3 Å². The van der Waals surface area contributed by atoms with Crippen LogP contribution in [0.15, 0.2) is 29.2 Å². The zero-order chi connectivity index (χ0) is 15.3. The Kier molecular flexibility index (Phi) is 5.19. The first-order chi connectivity index (χ1) is 10.0. The number of hydrogen-bond donors (Lipinski definition) is 1. The number of hydrogen-bond acceptors (Lipinski definition) is 4. The summed E-state index contributed by atoms with van der Waals surface area (Å²) in [6, 6.07) is 6.04. The van der Waals surface area contributed by atoms with E-state index in [1.54, 1.807) is 17.0 Å². The summed E-state index contributed by atoms with van der Waals surface area (Å²) in [5.41, 5.74) is 0. The van der Waals surface area contributed by atoms with Gasteiger partial charge in [-0.2, -0.15) is 0 Å². The molecule has 0 bridgehead atoms. The van der Waals surface area contributed by atoms with Crippen LogP contribution in [0.4, 0.5) is 0 Å². The summed E-state index contributed by atoms with van der Waals surface area (Å²) in [5, 5.41) is 0. The van der Waals surface area contributed by atoms with E-state index in [2.05, 4.69) is 4.72 Å². The van der Waals surface area contributed by atoms with Gasteiger partial charge in [-0.25, -0.2) is 13.1 Å². The maximum atomic E-state index is 12.1. The zero-order valence-corrected chi connectivity index (χ0v) is 12.9. The molecule has 0 unspecified atom stereocenters. The molecule has 1 N–H and O–H groups in total. The standard InChI is InChI=1S/C14H20N2O4S/c1-20-12-5-7-13(8-6-12)21(18,19)15-11-14(17)16-9-3-2-4-10-16/h5-8,15H,2-4,9-11H2,1H3. The van der Waals surface area contributed by atoms with E-state index in [9.17, 15) is 13.2 Å². The van der Waals surface area contributed by atoms with Crippen molar-refractivity contribution >= 4 is 15.9 Å². The van der Waals surface area contributed by atoms with Gasteiger partial charge in [0.05, 0.1) is 18.6 Å². The Bertz CT molecular complexity index is 577. The molecule has 7 heteroatoms. The van der Waals surface area contributed by atoms with Gasteiger partial charge in [0.2, 0.25) is 15.9 Å². The molecule has 21 heavy (non-hydrogen) atoms. The molecule has 1 saturated heterocycles. The normalized spacial score (nSPS) is 15.8. The Labute approximate surface area is 125 Å². The molecule has 2 rings (SSSR count). The van der Waals surface area contributed by atoms with Gasteiger partial charge in [0.1, 0.15) is 5.75 Å². The zero-order valence-electron chi connectivity index (χ0n) is 12.0. The molecule has 0 radical (unpaired) electrons. The fraction of sp³-hybridized carbons (Fsp3) is 0.500. The number of benzene rings is 1. The summed E-state index contributed by atoms with van der Waals surface area (Å²) in [6.45, 7) is 1.22. The first kappa shape index (κ1) is 15.8. The van der Waals surface area contributed by atoms with Gasteiger partial charge >= 0.3 is 0 Å². The number of sulfonamides is 1. The van der Waals surface area contributed by atoms with Crippen LogP contribution in [0.2, 0.25) is 0 Å². The fourth-order valence-electron chi connectivity index (χ4n) is 2.25. The molecule has 1 amide bonds. The van der Waals surface area contributed by atoms with Gasteiger partial charge in [-0.1, -0.05) is 0 Å². The second kappa shape index (κ2) is 6.91. The van der Waals surface area contributed by atoms with Gasteiger partial charge in [-0.05, 0) is 43.5 Å². The second-order valence-corrected chi connectivity index (χ2v) is 6.71. The maximum absolute atomic E-state index is 12.1. The number of carbonyl (C=O) groups is 1. The second-order valence-electron chi connectivity index (χ2n) is 4.94. The highest BCUT2D eigenvalue weighted by Gasteiger charge is 2.20. The van der Waals surface area contributed by atoms with Crippen molar-refractivity contribution in [3.63, 3.8) is 0 Å². The summed E-state index contributed by atoms with van der Waals surface area (Å²) in [6.07, 6.45) is 3.09. The van der Waals surface area contributed by atoms with E-state index in [1.165, 1.54) is 19.2 Å². The van der Waals surface area contributed by atoms with Crippen molar-refractivity contribution in [3.8, 4) is 5.75 Å². The van der Waals surface area contributed by atoms with Crippen LogP contribution in [0.3, 0.4) is 0 Å². The summed E-state index contributed by atoms with van der Waals surface area (Å²) in [5.74, 6) is 0.408. The molecule has 116 valence electrons. The molecule has 6 nitrogen and oxygen atoms in total. The topological polar surface area (TPSA) is 75.7 Å². The van der Waals surface area contributed by atoms with Gasteiger partial charge in [0.25, 0.3) is 0 Å². The van der Waals surface area contributed by atoms with Gasteiger partial charge in [0, 0.05) is 13.1 Å². The lowest BCUT2D eigenvalue weighted by Gasteiger charge is -2.26. The quantitative estimate of drug-likeness (QED) is 0.879. The van der Waals surface area contributed by atoms with Crippen LogP contribution < -0.4 is 9.46 Å². The number of nitrogens with one attached hydrogen (secondary N) is 1. The van der Waals surface area contributed by atoms with Crippen LogP contribution in [0.5, 0.6) is 5.75 Å². The van der Waals surface area contributed by atoms with Crippen LogP contribution >= 0.6 is 0 Å². The van der Waals surface area contributed by atoms with Crippen LogP contribution in [0, 0.1) is 0 Å². The third-order valence-electron chi connectivity index (χ3n) is 3.49. The molecular weight excluding hydrogens is 292 g/mol. The Morgan fingerprint density at radius 3 is 2.38 bits per heavy atom. The van der Waals surface area contributed by atoms with Crippen molar-refractivity contribution in [3.05, 3.63) is 24.3 Å². The summed E-state index contributed by atoms with van der Waals surface area (Å²) in [4.78, 5) is 13.8. The predicted octanol–water partition coefficient (Wildman–Crippen LogP) is 0.986. The SMILES string of the molecule is COc1ccc(S(=O)(=O)NCC(=O)N2CCCCC2)cc1. The van der Waals surface area contributed by atoms with Crippen molar-refractivity contribution < 1.29 is 17.9 Å². The largest absolute Gasteiger partial charge is 0.497 e. The number of likely N-dealkylation sites (tertiary alicyclic amines) is 1. The lowest BCUT2D eigenvalue weighted by atomic mass is 10.1. The molecule has 1 fully saturated rings. The van der Waals surface area contributed by atoms with E-state index in [0.29, 0.717) is 18.8 Å². The molecule has 1 aromatic carbocycles. The van der Waals surface area contributed by atoms with E-state index in [1.807, 2.05) is 0 Å². The minimum atomic E-state index is -3.67. The highest BCUT2D eigenvalue weighted by Crippen LogP contribution is 2.15. The molecule has 1 aromatic rings. The third-order valence-corrected chi connectivity index (χ3v) is 4.91. The number of piperidine rings is 1. The Morgan fingerprint density at radius 2 is 1.81 bits per heavy atom. The number of carbonyl (C=O) groups excluding carboxylic acids is 1. The Morgan fingerprint density at radius 1 is 1.19 bits per heavy atom. The van der Waals surface area contributed by atoms with E-state index in [4.69, 9.17) is 4.74 Å². The maximum Gasteiger partial charge on any atom is 0.241 e. The highest BCUT2D eigenvalue weighted by molar-refractivity contribution is 7.89. The molecule has 0 aromatic heterocycles. The molecular formula is C14H20N2O4S. The minimum Gasteiger partial charge on any atom is -0.497 e. The average molecular weight is 312 g/mol. The monoisotopic (exact) mass is 312 g/mol. The van der Waals surface area contributed by atoms with Crippen molar-refractivity contribution in [2.45, 2.75) is 24.2 Å². The molecule has 1 heterocycles. The lowest BCUT2D eigenvalue weighted by molar-refractivity contribution is -0.130. The van der Waals surface area contributed by atoms with Crippen molar-refractivity contribution in [2.24, 2.45) is 0 Å². The van der Waals surface area contributed by atoms with Crippen LogP contribution in [0.25, 0.3) is 0 Å². The number of nitrogens with zero attached hydrogens (tertiary/aromatic N) is 1. The molecule has 0 saturated carbocycles. The summed E-state index contributed by atoms with van der Waals surface area (Å²) >= 11 is 0. The van der Waals surface area contributed by atoms with Crippen molar-refractivity contribution in [1.82, 2.24) is 9.62 Å². The molecule has 0 atom stereocenters. The third kappa shape index (κ3) is 4.18. The van der Waals surface area contributed by atoms with E-state index in [-0.39, 0.29) is 17.3 Å². The van der Waals surface area contributed by atoms with Crippen LogP contribution in [-0.2, 0) is 14.8 Å². The van der Waals surface area contributed by atoms with Crippen molar-refractivity contribution in [1.29, 1.82) is 0 Å². The lowest BCUT2D eigenvalue weighted by Crippen LogP contribution is -2.42. The minimum absolute atomic E-state index is 0.120. The first-order valence-electron chi connectivity index (χ1n) is 6.94. The Hall–Kier alpha value is -1.60. The number of methoxy groups -OCH3 is 1. The number of ether oxygens (including phenoxy) is 1. The van der Waals surface area contributed by atoms with E-state index >= 15 is 0 Å². The molecule has 0 aliphatic carbocycles. The van der Waals surface area contributed by atoms with E-state index < -0.39 is 10.0 Å². The smallest absolute Gasteiger partial charge is 0.241 e. The van der Waals surface area contributed by atoms with Crippen LogP contribution in [-0.4, -0.2) is 46.0 Å². The Balaban J connectivity index is 1.95. The van der Waals surface area contributed by atoms with Crippen molar-refractivity contribution in [2.75, 3.05) is 26.7 Å². The molecule has 1 aliphatic heterocycles. The molecule has 0 spiro atoms. The fourth-order valence-corrected chi connectivity index (χ4v) is 3.22.